The number of carbonyl (C=O) groups excluding carboxylic acids is 1. The maximum atomic E-state index is 11.6. The molecule has 1 heterocycles. The van der Waals surface area contributed by atoms with E-state index in [2.05, 4.69) is 31.3 Å². The van der Waals surface area contributed by atoms with Gasteiger partial charge in [0.1, 0.15) is 0 Å². The Kier molecular flexibility index (Phi) is 2.76. The number of aryl methyl sites for hydroxylation is 2. The fourth-order valence-corrected chi connectivity index (χ4v) is 2.15. The summed E-state index contributed by atoms with van der Waals surface area (Å²) >= 11 is 0. The second-order valence-corrected chi connectivity index (χ2v) is 4.31. The summed E-state index contributed by atoms with van der Waals surface area (Å²) in [6.45, 7) is 4.17. The molecule has 0 fully saturated rings. The molecule has 2 nitrogen and oxygen atoms in total. The summed E-state index contributed by atoms with van der Waals surface area (Å²) in [4.78, 5) is 11.6. The second kappa shape index (κ2) is 4.05. The molecule has 15 heavy (non-hydrogen) atoms. The minimum atomic E-state index is 0.157. The molecule has 0 saturated heterocycles. The van der Waals surface area contributed by atoms with E-state index < -0.39 is 0 Å². The van der Waals surface area contributed by atoms with Crippen LogP contribution in [0.5, 0.6) is 0 Å². The maximum absolute atomic E-state index is 11.6. The molecule has 80 valence electrons. The maximum Gasteiger partial charge on any atom is 0.224 e. The van der Waals surface area contributed by atoms with Crippen LogP contribution in [0, 0.1) is 13.8 Å². The summed E-state index contributed by atoms with van der Waals surface area (Å²) in [5.41, 5.74) is 4.84. The molecule has 1 aliphatic heterocycles. The second-order valence-electron chi connectivity index (χ2n) is 4.31. The smallest absolute Gasteiger partial charge is 0.224 e. The van der Waals surface area contributed by atoms with Gasteiger partial charge in [0, 0.05) is 12.1 Å². The Labute approximate surface area is 90.7 Å². The zero-order valence-corrected chi connectivity index (χ0v) is 9.39. The average Bonchev–Trinajstić information content (AvgIpc) is 2.18. The summed E-state index contributed by atoms with van der Waals surface area (Å²) in [6.07, 6.45) is 3.86. The normalized spacial score (nSPS) is 16.3. The molecular formula is C13H17NO. The van der Waals surface area contributed by atoms with Gasteiger partial charge in [0.15, 0.2) is 0 Å². The van der Waals surface area contributed by atoms with Gasteiger partial charge in [0.2, 0.25) is 5.91 Å². The van der Waals surface area contributed by atoms with E-state index in [-0.39, 0.29) is 5.91 Å². The van der Waals surface area contributed by atoms with Gasteiger partial charge in [0.25, 0.3) is 0 Å². The van der Waals surface area contributed by atoms with Crippen LogP contribution in [0.25, 0.3) is 0 Å². The lowest BCUT2D eigenvalue weighted by Gasteiger charge is -2.19. The highest BCUT2D eigenvalue weighted by Crippen LogP contribution is 2.27. The van der Waals surface area contributed by atoms with Gasteiger partial charge in [-0.2, -0.15) is 0 Å². The minimum absolute atomic E-state index is 0.157. The third-order valence-electron chi connectivity index (χ3n) is 3.10. The molecule has 0 aliphatic carbocycles. The van der Waals surface area contributed by atoms with Crippen molar-refractivity contribution in [2.45, 2.75) is 39.5 Å². The SMILES string of the molecule is Cc1ccc(C)c2c1CCCCC(=O)N2. The molecule has 2 heteroatoms. The van der Waals surface area contributed by atoms with Crippen LogP contribution in [0.4, 0.5) is 5.69 Å². The Hall–Kier alpha value is -1.31. The molecule has 2 rings (SSSR count). The highest BCUT2D eigenvalue weighted by Gasteiger charge is 2.14. The molecule has 0 spiro atoms. The van der Waals surface area contributed by atoms with Crippen molar-refractivity contribution in [2.75, 3.05) is 5.32 Å². The first kappa shape index (κ1) is 10.2. The number of carbonyl (C=O) groups is 1. The van der Waals surface area contributed by atoms with E-state index in [1.807, 2.05) is 0 Å². The number of rotatable bonds is 0. The van der Waals surface area contributed by atoms with Crippen LogP contribution in [0.1, 0.15) is 36.0 Å². The Morgan fingerprint density at radius 3 is 2.53 bits per heavy atom. The first-order chi connectivity index (χ1) is 7.18. The van der Waals surface area contributed by atoms with Crippen LogP contribution in [-0.4, -0.2) is 5.91 Å². The molecule has 0 bridgehead atoms. The summed E-state index contributed by atoms with van der Waals surface area (Å²) in [7, 11) is 0. The van der Waals surface area contributed by atoms with Gasteiger partial charge in [-0.1, -0.05) is 12.1 Å². The van der Waals surface area contributed by atoms with Crippen molar-refractivity contribution < 1.29 is 4.79 Å². The third-order valence-corrected chi connectivity index (χ3v) is 3.10. The van der Waals surface area contributed by atoms with Gasteiger partial charge in [-0.25, -0.2) is 0 Å². The van der Waals surface area contributed by atoms with Gasteiger partial charge >= 0.3 is 0 Å². The zero-order valence-electron chi connectivity index (χ0n) is 9.39. The summed E-state index contributed by atoms with van der Waals surface area (Å²) in [6, 6.07) is 4.22. The van der Waals surface area contributed by atoms with Crippen molar-refractivity contribution in [3.05, 3.63) is 28.8 Å². The largest absolute Gasteiger partial charge is 0.326 e. The summed E-state index contributed by atoms with van der Waals surface area (Å²) < 4.78 is 0. The summed E-state index contributed by atoms with van der Waals surface area (Å²) in [5.74, 6) is 0.157. The minimum Gasteiger partial charge on any atom is -0.326 e. The molecule has 1 amide bonds. The van der Waals surface area contributed by atoms with E-state index in [4.69, 9.17) is 0 Å². The predicted molar refractivity (Wildman–Crippen MR) is 62.1 cm³/mol. The van der Waals surface area contributed by atoms with Crippen molar-refractivity contribution >= 4 is 11.6 Å². The van der Waals surface area contributed by atoms with E-state index in [0.29, 0.717) is 6.42 Å². The fourth-order valence-electron chi connectivity index (χ4n) is 2.15. The quantitative estimate of drug-likeness (QED) is 0.690. The molecule has 0 unspecified atom stereocenters. The van der Waals surface area contributed by atoms with Crippen molar-refractivity contribution in [3.63, 3.8) is 0 Å². The molecule has 1 aromatic rings. The lowest BCUT2D eigenvalue weighted by Crippen LogP contribution is -2.16. The van der Waals surface area contributed by atoms with Crippen LogP contribution in [0.2, 0.25) is 0 Å². The number of amides is 1. The Bertz CT molecular complexity index is 396. The van der Waals surface area contributed by atoms with E-state index in [1.54, 1.807) is 0 Å². The van der Waals surface area contributed by atoms with Gasteiger partial charge in [-0.05, 0) is 49.8 Å². The van der Waals surface area contributed by atoms with Crippen LogP contribution in [0.3, 0.4) is 0 Å². The lowest BCUT2D eigenvalue weighted by molar-refractivity contribution is -0.116. The number of benzene rings is 1. The van der Waals surface area contributed by atoms with Crippen molar-refractivity contribution in [2.24, 2.45) is 0 Å². The highest BCUT2D eigenvalue weighted by atomic mass is 16.1. The number of nitrogens with one attached hydrogen (secondary N) is 1. The standard InChI is InChI=1S/C13H17NO/c1-9-7-8-10(2)13-11(9)5-3-4-6-12(15)14-13/h7-8H,3-6H2,1-2H3,(H,14,15). The number of anilines is 1. The van der Waals surface area contributed by atoms with Crippen LogP contribution >= 0.6 is 0 Å². The fraction of sp³-hybridized carbons (Fsp3) is 0.462. The highest BCUT2D eigenvalue weighted by molar-refractivity contribution is 5.92. The van der Waals surface area contributed by atoms with E-state index in [1.165, 1.54) is 16.7 Å². The van der Waals surface area contributed by atoms with E-state index in [0.717, 1.165) is 24.9 Å². The number of hydrogen-bond acceptors (Lipinski definition) is 1. The number of hydrogen-bond donors (Lipinski definition) is 1. The third kappa shape index (κ3) is 2.04. The molecule has 0 atom stereocenters. The molecule has 0 saturated carbocycles. The van der Waals surface area contributed by atoms with Crippen molar-refractivity contribution in [1.82, 2.24) is 0 Å². The first-order valence-corrected chi connectivity index (χ1v) is 5.57. The van der Waals surface area contributed by atoms with Crippen LogP contribution in [-0.2, 0) is 11.2 Å². The molecule has 1 aliphatic rings. The average molecular weight is 203 g/mol. The van der Waals surface area contributed by atoms with E-state index in [9.17, 15) is 4.79 Å². The van der Waals surface area contributed by atoms with Crippen LogP contribution < -0.4 is 5.32 Å². The van der Waals surface area contributed by atoms with Gasteiger partial charge in [-0.15, -0.1) is 0 Å². The van der Waals surface area contributed by atoms with Gasteiger partial charge < -0.3 is 5.32 Å². The van der Waals surface area contributed by atoms with Gasteiger partial charge in [-0.3, -0.25) is 4.79 Å². The lowest BCUT2D eigenvalue weighted by atomic mass is 9.95. The summed E-state index contributed by atoms with van der Waals surface area (Å²) in [5, 5.41) is 3.03. The molecule has 0 radical (unpaired) electrons. The van der Waals surface area contributed by atoms with Crippen molar-refractivity contribution in [3.8, 4) is 0 Å². The Morgan fingerprint density at radius 1 is 1.07 bits per heavy atom. The molecule has 1 aromatic carbocycles. The predicted octanol–water partition coefficient (Wildman–Crippen LogP) is 2.97. The number of fused-ring (bicyclic) bond motifs is 1. The van der Waals surface area contributed by atoms with Crippen LogP contribution in [0.15, 0.2) is 12.1 Å². The molecule has 1 N–H and O–H groups in total. The zero-order chi connectivity index (χ0) is 10.8. The van der Waals surface area contributed by atoms with E-state index >= 15 is 0 Å². The molecule has 0 aromatic heterocycles. The Balaban J connectivity index is 2.48. The Morgan fingerprint density at radius 2 is 1.73 bits per heavy atom. The topological polar surface area (TPSA) is 29.1 Å². The van der Waals surface area contributed by atoms with Gasteiger partial charge in [0.05, 0.1) is 0 Å². The monoisotopic (exact) mass is 203 g/mol. The van der Waals surface area contributed by atoms with Crippen molar-refractivity contribution in [1.29, 1.82) is 0 Å². The first-order valence-electron chi connectivity index (χ1n) is 5.57. The molecular weight excluding hydrogens is 186 g/mol.